The number of amides is 2. The van der Waals surface area contributed by atoms with Gasteiger partial charge in [-0.05, 0) is 24.1 Å². The van der Waals surface area contributed by atoms with Crippen LogP contribution in [-0.4, -0.2) is 29.8 Å². The highest BCUT2D eigenvalue weighted by molar-refractivity contribution is 6.08. The van der Waals surface area contributed by atoms with Crippen LogP contribution in [0.4, 0.5) is 5.69 Å². The van der Waals surface area contributed by atoms with Gasteiger partial charge in [-0.2, -0.15) is 0 Å². The lowest BCUT2D eigenvalue weighted by atomic mass is 10.1. The van der Waals surface area contributed by atoms with E-state index in [1.807, 2.05) is 42.5 Å². The minimum absolute atomic E-state index is 0.0353. The van der Waals surface area contributed by atoms with Gasteiger partial charge in [-0.15, -0.1) is 0 Å². The minimum atomic E-state index is -0.393. The Hall–Kier alpha value is -3.61. The topological polar surface area (TPSA) is 112 Å². The maximum atomic E-state index is 12.3. The van der Waals surface area contributed by atoms with Crippen LogP contribution in [0.2, 0.25) is 0 Å². The molecule has 3 aromatic rings. The fourth-order valence-corrected chi connectivity index (χ4v) is 2.74. The van der Waals surface area contributed by atoms with Gasteiger partial charge in [-0.1, -0.05) is 42.5 Å². The van der Waals surface area contributed by atoms with Gasteiger partial charge in [0.2, 0.25) is 5.91 Å². The summed E-state index contributed by atoms with van der Waals surface area (Å²) in [5.41, 5.74) is 8.29. The van der Waals surface area contributed by atoms with Crippen LogP contribution in [0.5, 0.6) is 0 Å². The lowest BCUT2D eigenvalue weighted by Gasteiger charge is -2.07. The van der Waals surface area contributed by atoms with Crippen molar-refractivity contribution in [2.75, 3.05) is 12.4 Å². The maximum absolute atomic E-state index is 12.3. The number of aryl methyl sites for hydroxylation is 1. The number of hydrogen-bond acceptors (Lipinski definition) is 3. The van der Waals surface area contributed by atoms with Gasteiger partial charge in [0, 0.05) is 18.9 Å². The highest BCUT2D eigenvalue weighted by Gasteiger charge is 2.13. The highest BCUT2D eigenvalue weighted by atomic mass is 16.2. The first-order valence-corrected chi connectivity index (χ1v) is 8.56. The van der Waals surface area contributed by atoms with Crippen LogP contribution in [0, 0.1) is 0 Å². The summed E-state index contributed by atoms with van der Waals surface area (Å²) in [6, 6.07) is 17.0. The van der Waals surface area contributed by atoms with Gasteiger partial charge >= 0.3 is 0 Å². The van der Waals surface area contributed by atoms with Crippen LogP contribution in [0.1, 0.15) is 22.5 Å². The number of hydrogen-bond donors (Lipinski definition) is 4. The van der Waals surface area contributed by atoms with Gasteiger partial charge in [0.15, 0.2) is 5.96 Å². The zero-order chi connectivity index (χ0) is 19.2. The van der Waals surface area contributed by atoms with E-state index in [0.717, 1.165) is 10.9 Å². The second kappa shape index (κ2) is 8.18. The van der Waals surface area contributed by atoms with E-state index in [1.165, 1.54) is 7.05 Å². The number of rotatable bonds is 5. The first-order valence-electron chi connectivity index (χ1n) is 8.56. The Morgan fingerprint density at radius 1 is 1.11 bits per heavy atom. The molecule has 0 spiro atoms. The average Bonchev–Trinajstić information content (AvgIpc) is 3.12. The van der Waals surface area contributed by atoms with E-state index >= 15 is 0 Å². The second-order valence-corrected chi connectivity index (χ2v) is 6.05. The Morgan fingerprint density at radius 2 is 1.89 bits per heavy atom. The third kappa shape index (κ3) is 4.52. The Labute approximate surface area is 156 Å². The number of carbonyl (C=O) groups is 2. The number of anilines is 1. The number of carbonyl (C=O) groups excluding carboxylic acids is 2. The number of H-pyrrole nitrogens is 1. The summed E-state index contributed by atoms with van der Waals surface area (Å²) in [4.78, 5) is 31.2. The summed E-state index contributed by atoms with van der Waals surface area (Å²) in [6.07, 6.45) is 1.04. The normalized spacial score (nSPS) is 11.4. The minimum Gasteiger partial charge on any atom is -0.370 e. The summed E-state index contributed by atoms with van der Waals surface area (Å²) in [5, 5.41) is 6.20. The van der Waals surface area contributed by atoms with Crippen molar-refractivity contribution in [1.82, 2.24) is 10.3 Å². The number of para-hydroxylation sites is 1. The second-order valence-electron chi connectivity index (χ2n) is 6.05. The van der Waals surface area contributed by atoms with Crippen LogP contribution in [0.3, 0.4) is 0 Å². The van der Waals surface area contributed by atoms with Crippen molar-refractivity contribution in [1.29, 1.82) is 0 Å². The lowest BCUT2D eigenvalue weighted by molar-refractivity contribution is -0.116. The number of benzene rings is 2. The molecular formula is C20H21N5O2. The number of nitrogens with two attached hydrogens (primary N) is 1. The third-order valence-electron chi connectivity index (χ3n) is 4.14. The van der Waals surface area contributed by atoms with Crippen molar-refractivity contribution in [3.63, 3.8) is 0 Å². The molecule has 7 nitrogen and oxygen atoms in total. The van der Waals surface area contributed by atoms with E-state index < -0.39 is 5.91 Å². The van der Waals surface area contributed by atoms with E-state index in [2.05, 4.69) is 20.6 Å². The summed E-state index contributed by atoms with van der Waals surface area (Å²) in [7, 11) is 1.49. The molecule has 0 saturated heterocycles. The van der Waals surface area contributed by atoms with Crippen LogP contribution in [0.15, 0.2) is 59.6 Å². The summed E-state index contributed by atoms with van der Waals surface area (Å²) >= 11 is 0. The van der Waals surface area contributed by atoms with Gasteiger partial charge in [0.1, 0.15) is 5.69 Å². The number of nitrogens with zero attached hydrogens (tertiary/aromatic N) is 1. The number of nitrogens with one attached hydrogen (secondary N) is 3. The molecule has 0 aliphatic heterocycles. The lowest BCUT2D eigenvalue weighted by Crippen LogP contribution is -2.36. The van der Waals surface area contributed by atoms with Crippen LogP contribution in [0.25, 0.3) is 10.9 Å². The van der Waals surface area contributed by atoms with Crippen LogP contribution < -0.4 is 16.4 Å². The molecule has 0 saturated carbocycles. The van der Waals surface area contributed by atoms with Crippen molar-refractivity contribution in [2.24, 2.45) is 10.7 Å². The molecule has 0 bridgehead atoms. The molecule has 0 fully saturated rings. The summed E-state index contributed by atoms with van der Waals surface area (Å²) < 4.78 is 0. The Morgan fingerprint density at radius 3 is 2.63 bits per heavy atom. The van der Waals surface area contributed by atoms with Crippen molar-refractivity contribution in [2.45, 2.75) is 12.8 Å². The molecule has 2 amide bonds. The molecular weight excluding hydrogens is 342 g/mol. The number of aromatic amines is 1. The van der Waals surface area contributed by atoms with Gasteiger partial charge in [-0.3, -0.25) is 19.9 Å². The standard InChI is InChI=1S/C20H21N5O2/c1-22-20(21)25-19(27)16-12-14-8-5-9-15(18(14)24-16)23-17(26)11-10-13-6-3-2-4-7-13/h2-9,12,24H,10-11H2,1H3,(H,23,26)(H3,21,22,25,27). The predicted octanol–water partition coefficient (Wildman–Crippen LogP) is 2.41. The molecule has 27 heavy (non-hydrogen) atoms. The number of aromatic nitrogens is 1. The number of aliphatic imine (C=N–C) groups is 1. The zero-order valence-electron chi connectivity index (χ0n) is 15.0. The molecule has 138 valence electrons. The van der Waals surface area contributed by atoms with Crippen LogP contribution in [-0.2, 0) is 11.2 Å². The Kier molecular flexibility index (Phi) is 5.51. The van der Waals surface area contributed by atoms with Crippen molar-refractivity contribution < 1.29 is 9.59 Å². The quantitative estimate of drug-likeness (QED) is 0.412. The molecule has 2 aromatic carbocycles. The van der Waals surface area contributed by atoms with E-state index in [-0.39, 0.29) is 11.9 Å². The molecule has 0 aliphatic carbocycles. The van der Waals surface area contributed by atoms with E-state index in [9.17, 15) is 9.59 Å². The average molecular weight is 363 g/mol. The first kappa shape index (κ1) is 18.2. The van der Waals surface area contributed by atoms with Gasteiger partial charge in [0.05, 0.1) is 11.2 Å². The molecule has 0 aliphatic rings. The molecule has 7 heteroatoms. The molecule has 1 heterocycles. The van der Waals surface area contributed by atoms with Gasteiger partial charge in [-0.25, -0.2) is 0 Å². The molecule has 0 radical (unpaired) electrons. The van der Waals surface area contributed by atoms with Crippen molar-refractivity contribution in [3.05, 3.63) is 65.9 Å². The monoisotopic (exact) mass is 363 g/mol. The molecule has 3 rings (SSSR count). The summed E-state index contributed by atoms with van der Waals surface area (Å²) in [5.74, 6) is -0.446. The predicted molar refractivity (Wildman–Crippen MR) is 107 cm³/mol. The van der Waals surface area contributed by atoms with Crippen LogP contribution >= 0.6 is 0 Å². The van der Waals surface area contributed by atoms with E-state index in [4.69, 9.17) is 5.73 Å². The fourth-order valence-electron chi connectivity index (χ4n) is 2.74. The molecule has 0 unspecified atom stereocenters. The van der Waals surface area contributed by atoms with E-state index in [0.29, 0.717) is 29.7 Å². The zero-order valence-corrected chi connectivity index (χ0v) is 15.0. The Balaban J connectivity index is 1.72. The number of fused-ring (bicyclic) bond motifs is 1. The van der Waals surface area contributed by atoms with Gasteiger partial charge in [0.25, 0.3) is 5.91 Å². The summed E-state index contributed by atoms with van der Waals surface area (Å²) in [6.45, 7) is 0. The maximum Gasteiger partial charge on any atom is 0.274 e. The molecule has 0 atom stereocenters. The fraction of sp³-hybridized carbons (Fsp3) is 0.150. The molecule has 5 N–H and O–H groups in total. The highest BCUT2D eigenvalue weighted by Crippen LogP contribution is 2.24. The Bertz CT molecular complexity index is 992. The van der Waals surface area contributed by atoms with Crippen molar-refractivity contribution >= 4 is 34.4 Å². The SMILES string of the molecule is CN=C(N)NC(=O)c1cc2cccc(NC(=O)CCc3ccccc3)c2[nH]1. The largest absolute Gasteiger partial charge is 0.370 e. The smallest absolute Gasteiger partial charge is 0.274 e. The number of guanidine groups is 1. The van der Waals surface area contributed by atoms with Crippen molar-refractivity contribution in [3.8, 4) is 0 Å². The molecule has 1 aromatic heterocycles. The first-order chi connectivity index (χ1) is 13.1. The van der Waals surface area contributed by atoms with Gasteiger partial charge < -0.3 is 16.0 Å². The third-order valence-corrected chi connectivity index (χ3v) is 4.14. The van der Waals surface area contributed by atoms with E-state index in [1.54, 1.807) is 12.1 Å².